The standard InChI is InChI=1S/C28H30N2O4/c1-4-9-21-14-15-26(27(18-21)32-3)33-17-8-16-30-25-13-6-5-12-24(25)29-28(30)20-34-23-11-7-10-22(19-23)31-2/h4-7,10-15,18-19H,1,8-9,16-17,20H2,2-3H3. The third-order valence-corrected chi connectivity index (χ3v) is 5.53. The van der Waals surface area contributed by atoms with E-state index in [1.807, 2.05) is 66.7 Å². The molecule has 4 aromatic rings. The molecule has 6 nitrogen and oxygen atoms in total. The van der Waals surface area contributed by atoms with Crippen molar-refractivity contribution in [1.29, 1.82) is 0 Å². The predicted molar refractivity (Wildman–Crippen MR) is 134 cm³/mol. The molecular weight excluding hydrogens is 428 g/mol. The van der Waals surface area contributed by atoms with E-state index in [9.17, 15) is 0 Å². The van der Waals surface area contributed by atoms with Crippen LogP contribution in [0.3, 0.4) is 0 Å². The molecule has 0 aliphatic carbocycles. The first-order valence-corrected chi connectivity index (χ1v) is 11.3. The number of para-hydroxylation sites is 2. The SMILES string of the molecule is C=CCc1ccc(OCCCn2c(COc3cccc(OC)c3)nc3ccccc32)c(OC)c1. The third-order valence-electron chi connectivity index (χ3n) is 5.53. The Hall–Kier alpha value is -3.93. The number of rotatable bonds is 12. The van der Waals surface area contributed by atoms with Crippen LogP contribution in [0, 0.1) is 0 Å². The second kappa shape index (κ2) is 11.3. The summed E-state index contributed by atoms with van der Waals surface area (Å²) >= 11 is 0. The lowest BCUT2D eigenvalue weighted by atomic mass is 10.1. The minimum Gasteiger partial charge on any atom is -0.497 e. The van der Waals surface area contributed by atoms with Crippen LogP contribution in [0.15, 0.2) is 79.4 Å². The number of allylic oxidation sites excluding steroid dienone is 1. The van der Waals surface area contributed by atoms with Gasteiger partial charge >= 0.3 is 0 Å². The van der Waals surface area contributed by atoms with Gasteiger partial charge in [0.15, 0.2) is 11.5 Å². The van der Waals surface area contributed by atoms with E-state index in [0.29, 0.717) is 13.2 Å². The van der Waals surface area contributed by atoms with Crippen LogP contribution in [0.25, 0.3) is 11.0 Å². The highest BCUT2D eigenvalue weighted by Crippen LogP contribution is 2.29. The van der Waals surface area contributed by atoms with Crippen LogP contribution in [0.4, 0.5) is 0 Å². The lowest BCUT2D eigenvalue weighted by Gasteiger charge is -2.13. The molecule has 0 bridgehead atoms. The summed E-state index contributed by atoms with van der Waals surface area (Å²) in [6, 6.07) is 21.7. The number of ether oxygens (including phenoxy) is 4. The number of benzene rings is 3. The molecule has 0 saturated carbocycles. The average Bonchev–Trinajstić information content (AvgIpc) is 3.23. The molecule has 0 atom stereocenters. The molecule has 176 valence electrons. The van der Waals surface area contributed by atoms with E-state index in [1.165, 1.54) is 0 Å². The van der Waals surface area contributed by atoms with E-state index < -0.39 is 0 Å². The van der Waals surface area contributed by atoms with Crippen molar-refractivity contribution >= 4 is 11.0 Å². The summed E-state index contributed by atoms with van der Waals surface area (Å²) in [5, 5.41) is 0. The Morgan fingerprint density at radius 3 is 2.56 bits per heavy atom. The molecule has 0 saturated heterocycles. The van der Waals surface area contributed by atoms with E-state index in [4.69, 9.17) is 23.9 Å². The first-order chi connectivity index (χ1) is 16.7. The van der Waals surface area contributed by atoms with Crippen LogP contribution < -0.4 is 18.9 Å². The van der Waals surface area contributed by atoms with Crippen molar-refractivity contribution in [2.24, 2.45) is 0 Å². The van der Waals surface area contributed by atoms with Gasteiger partial charge in [-0.3, -0.25) is 0 Å². The molecule has 0 aliphatic heterocycles. The summed E-state index contributed by atoms with van der Waals surface area (Å²) in [4.78, 5) is 4.80. The van der Waals surface area contributed by atoms with Crippen molar-refractivity contribution in [2.75, 3.05) is 20.8 Å². The quantitative estimate of drug-likeness (QED) is 0.197. The van der Waals surface area contributed by atoms with Crippen molar-refractivity contribution in [3.05, 3.63) is 90.8 Å². The van der Waals surface area contributed by atoms with Gasteiger partial charge in [-0.25, -0.2) is 4.98 Å². The van der Waals surface area contributed by atoms with Gasteiger partial charge in [-0.05, 0) is 54.8 Å². The molecule has 0 amide bonds. The fourth-order valence-electron chi connectivity index (χ4n) is 3.85. The summed E-state index contributed by atoms with van der Waals surface area (Å²) < 4.78 is 25.0. The number of hydrogen-bond acceptors (Lipinski definition) is 5. The summed E-state index contributed by atoms with van der Waals surface area (Å²) in [5.74, 6) is 3.85. The largest absolute Gasteiger partial charge is 0.497 e. The maximum atomic E-state index is 6.04. The zero-order chi connectivity index (χ0) is 23.8. The maximum Gasteiger partial charge on any atom is 0.161 e. The highest BCUT2D eigenvalue weighted by molar-refractivity contribution is 5.75. The zero-order valence-electron chi connectivity index (χ0n) is 19.7. The van der Waals surface area contributed by atoms with Crippen LogP contribution in [-0.2, 0) is 19.6 Å². The topological polar surface area (TPSA) is 54.7 Å². The van der Waals surface area contributed by atoms with Gasteiger partial charge in [-0.15, -0.1) is 6.58 Å². The van der Waals surface area contributed by atoms with E-state index in [2.05, 4.69) is 17.2 Å². The predicted octanol–water partition coefficient (Wildman–Crippen LogP) is 5.83. The first-order valence-electron chi connectivity index (χ1n) is 11.3. The summed E-state index contributed by atoms with van der Waals surface area (Å²) in [6.07, 6.45) is 3.48. The third kappa shape index (κ3) is 5.52. The Bertz CT molecular complexity index is 1250. The molecule has 0 spiro atoms. The van der Waals surface area contributed by atoms with Gasteiger partial charge in [0.25, 0.3) is 0 Å². The normalized spacial score (nSPS) is 10.8. The van der Waals surface area contributed by atoms with Gasteiger partial charge in [0.2, 0.25) is 0 Å². The second-order valence-corrected chi connectivity index (χ2v) is 7.82. The van der Waals surface area contributed by atoms with Gasteiger partial charge in [0.05, 0.1) is 31.9 Å². The molecule has 1 heterocycles. The molecule has 6 heteroatoms. The number of nitrogens with zero attached hydrogens (tertiary/aromatic N) is 2. The van der Waals surface area contributed by atoms with Gasteiger partial charge in [0, 0.05) is 12.6 Å². The molecule has 0 aliphatic rings. The number of hydrogen-bond donors (Lipinski definition) is 0. The number of imidazole rings is 1. The van der Waals surface area contributed by atoms with E-state index in [1.54, 1.807) is 14.2 Å². The monoisotopic (exact) mass is 458 g/mol. The van der Waals surface area contributed by atoms with Gasteiger partial charge < -0.3 is 23.5 Å². The molecule has 4 rings (SSSR count). The zero-order valence-corrected chi connectivity index (χ0v) is 19.7. The van der Waals surface area contributed by atoms with Gasteiger partial charge in [-0.2, -0.15) is 0 Å². The first kappa shape index (κ1) is 23.2. The second-order valence-electron chi connectivity index (χ2n) is 7.82. The Kier molecular flexibility index (Phi) is 7.71. The number of methoxy groups -OCH3 is 2. The molecule has 0 N–H and O–H groups in total. The lowest BCUT2D eigenvalue weighted by Crippen LogP contribution is -2.10. The molecular formula is C28H30N2O4. The number of aryl methyl sites for hydroxylation is 1. The Labute approximate surface area is 200 Å². The summed E-state index contributed by atoms with van der Waals surface area (Å²) in [6.45, 7) is 5.47. The van der Waals surface area contributed by atoms with Gasteiger partial charge in [0.1, 0.15) is 23.9 Å². The molecule has 0 radical (unpaired) electrons. The van der Waals surface area contributed by atoms with Crippen LogP contribution >= 0.6 is 0 Å². The lowest BCUT2D eigenvalue weighted by molar-refractivity contribution is 0.272. The minimum atomic E-state index is 0.362. The van der Waals surface area contributed by atoms with Crippen LogP contribution in [0.2, 0.25) is 0 Å². The maximum absolute atomic E-state index is 6.04. The Morgan fingerprint density at radius 1 is 0.882 bits per heavy atom. The van der Waals surface area contributed by atoms with Crippen molar-refractivity contribution in [1.82, 2.24) is 9.55 Å². The van der Waals surface area contributed by atoms with Crippen molar-refractivity contribution in [3.63, 3.8) is 0 Å². The minimum absolute atomic E-state index is 0.362. The van der Waals surface area contributed by atoms with Crippen molar-refractivity contribution < 1.29 is 18.9 Å². The van der Waals surface area contributed by atoms with Crippen LogP contribution in [-0.4, -0.2) is 30.4 Å². The summed E-state index contributed by atoms with van der Waals surface area (Å²) in [5.41, 5.74) is 3.18. The van der Waals surface area contributed by atoms with Crippen molar-refractivity contribution in [3.8, 4) is 23.0 Å². The summed E-state index contributed by atoms with van der Waals surface area (Å²) in [7, 11) is 3.30. The van der Waals surface area contributed by atoms with Crippen molar-refractivity contribution in [2.45, 2.75) is 26.0 Å². The molecule has 0 unspecified atom stereocenters. The van der Waals surface area contributed by atoms with E-state index in [0.717, 1.165) is 64.8 Å². The molecule has 1 aromatic heterocycles. The molecule has 0 fully saturated rings. The highest BCUT2D eigenvalue weighted by atomic mass is 16.5. The highest BCUT2D eigenvalue weighted by Gasteiger charge is 2.12. The van der Waals surface area contributed by atoms with Crippen LogP contribution in [0.5, 0.6) is 23.0 Å². The fourth-order valence-corrected chi connectivity index (χ4v) is 3.85. The fraction of sp³-hybridized carbons (Fsp3) is 0.250. The molecule has 34 heavy (non-hydrogen) atoms. The van der Waals surface area contributed by atoms with E-state index in [-0.39, 0.29) is 0 Å². The number of aromatic nitrogens is 2. The van der Waals surface area contributed by atoms with Crippen LogP contribution in [0.1, 0.15) is 17.8 Å². The Morgan fingerprint density at radius 2 is 1.74 bits per heavy atom. The van der Waals surface area contributed by atoms with E-state index >= 15 is 0 Å². The molecule has 3 aromatic carbocycles. The average molecular weight is 459 g/mol. The Balaban J connectivity index is 1.43. The smallest absolute Gasteiger partial charge is 0.161 e. The van der Waals surface area contributed by atoms with Gasteiger partial charge in [-0.1, -0.05) is 30.3 Å². The number of fused-ring (bicyclic) bond motifs is 1.